The largest absolute Gasteiger partial charge is 0.345 e. The Balaban J connectivity index is 1.97. The molecular formula is C18H27N3O2S. The minimum absolute atomic E-state index is 0.0213. The van der Waals surface area contributed by atoms with E-state index in [4.69, 9.17) is 0 Å². The molecule has 5 nitrogen and oxygen atoms in total. The molecule has 0 saturated carbocycles. The standard InChI is InChI=1S/C18H27N3O2S/c1-17(2)10-13(11-18(3,4)21-17)20-16(23)15(22)19-12-7-6-8-14(9-12)24-5/h6-9,13,21H,10-11H2,1-5H3,(H,19,22)(H,20,23). The summed E-state index contributed by atoms with van der Waals surface area (Å²) in [5, 5.41) is 9.11. The lowest BCUT2D eigenvalue weighted by molar-refractivity contribution is -0.137. The van der Waals surface area contributed by atoms with Crippen molar-refractivity contribution in [1.29, 1.82) is 0 Å². The summed E-state index contributed by atoms with van der Waals surface area (Å²) >= 11 is 1.59. The molecule has 0 spiro atoms. The normalized spacial score (nSPS) is 19.5. The van der Waals surface area contributed by atoms with Crippen LogP contribution in [-0.2, 0) is 9.59 Å². The topological polar surface area (TPSA) is 70.2 Å². The average molecular weight is 350 g/mol. The van der Waals surface area contributed by atoms with Crippen LogP contribution in [0.25, 0.3) is 0 Å². The average Bonchev–Trinajstić information content (AvgIpc) is 2.43. The van der Waals surface area contributed by atoms with E-state index < -0.39 is 11.8 Å². The predicted molar refractivity (Wildman–Crippen MR) is 99.3 cm³/mol. The second-order valence-electron chi connectivity index (χ2n) is 7.66. The fourth-order valence-electron chi connectivity index (χ4n) is 3.56. The number of piperidine rings is 1. The number of thioether (sulfide) groups is 1. The highest BCUT2D eigenvalue weighted by atomic mass is 32.2. The highest BCUT2D eigenvalue weighted by Crippen LogP contribution is 2.28. The molecule has 0 aromatic heterocycles. The van der Waals surface area contributed by atoms with Crippen LogP contribution in [-0.4, -0.2) is 35.2 Å². The fraction of sp³-hybridized carbons (Fsp3) is 0.556. The van der Waals surface area contributed by atoms with Crippen molar-refractivity contribution in [1.82, 2.24) is 10.6 Å². The van der Waals surface area contributed by atoms with Crippen LogP contribution < -0.4 is 16.0 Å². The molecule has 24 heavy (non-hydrogen) atoms. The van der Waals surface area contributed by atoms with E-state index in [2.05, 4.69) is 43.6 Å². The fourth-order valence-corrected chi connectivity index (χ4v) is 4.02. The van der Waals surface area contributed by atoms with Crippen molar-refractivity contribution in [3.8, 4) is 0 Å². The zero-order chi connectivity index (χ0) is 18.0. The van der Waals surface area contributed by atoms with Gasteiger partial charge >= 0.3 is 11.8 Å². The second kappa shape index (κ2) is 7.15. The summed E-state index contributed by atoms with van der Waals surface area (Å²) in [6.07, 6.45) is 3.54. The first-order chi connectivity index (χ1) is 11.1. The van der Waals surface area contributed by atoms with E-state index in [0.717, 1.165) is 17.7 Å². The van der Waals surface area contributed by atoms with Gasteiger partial charge in [0.1, 0.15) is 0 Å². The van der Waals surface area contributed by atoms with Gasteiger partial charge in [0.05, 0.1) is 0 Å². The Kier molecular flexibility index (Phi) is 5.60. The maximum atomic E-state index is 12.2. The lowest BCUT2D eigenvalue weighted by Crippen LogP contribution is -2.62. The SMILES string of the molecule is CSc1cccc(NC(=O)C(=O)NC2CC(C)(C)NC(C)(C)C2)c1. The van der Waals surface area contributed by atoms with Gasteiger partial charge in [0, 0.05) is 27.7 Å². The van der Waals surface area contributed by atoms with E-state index in [9.17, 15) is 9.59 Å². The monoisotopic (exact) mass is 349 g/mol. The summed E-state index contributed by atoms with van der Waals surface area (Å²) in [5.41, 5.74) is 0.471. The van der Waals surface area contributed by atoms with Crippen molar-refractivity contribution in [2.45, 2.75) is 62.6 Å². The van der Waals surface area contributed by atoms with Gasteiger partial charge in [0.25, 0.3) is 0 Å². The number of carbonyl (C=O) groups is 2. The molecule has 1 fully saturated rings. The number of hydrogen-bond acceptors (Lipinski definition) is 4. The van der Waals surface area contributed by atoms with Gasteiger partial charge in [0.15, 0.2) is 0 Å². The van der Waals surface area contributed by atoms with E-state index >= 15 is 0 Å². The number of hydrogen-bond donors (Lipinski definition) is 3. The first-order valence-corrected chi connectivity index (χ1v) is 9.38. The maximum absolute atomic E-state index is 12.2. The molecule has 1 aromatic carbocycles. The molecular weight excluding hydrogens is 322 g/mol. The lowest BCUT2D eigenvalue weighted by Gasteiger charge is -2.46. The predicted octanol–water partition coefficient (Wildman–Crippen LogP) is 2.77. The van der Waals surface area contributed by atoms with E-state index in [1.54, 1.807) is 17.8 Å². The molecule has 3 N–H and O–H groups in total. The number of carbonyl (C=O) groups excluding carboxylic acids is 2. The van der Waals surface area contributed by atoms with Gasteiger partial charge < -0.3 is 16.0 Å². The number of anilines is 1. The Labute approximate surface area is 148 Å². The van der Waals surface area contributed by atoms with Gasteiger partial charge in [-0.15, -0.1) is 11.8 Å². The second-order valence-corrected chi connectivity index (χ2v) is 8.54. The molecule has 1 saturated heterocycles. The van der Waals surface area contributed by atoms with Gasteiger partial charge in [-0.3, -0.25) is 9.59 Å². The Hall–Kier alpha value is -1.53. The van der Waals surface area contributed by atoms with Crippen LogP contribution in [0.5, 0.6) is 0 Å². The van der Waals surface area contributed by atoms with Gasteiger partial charge in [-0.2, -0.15) is 0 Å². The van der Waals surface area contributed by atoms with Crippen molar-refractivity contribution >= 4 is 29.3 Å². The molecule has 0 unspecified atom stereocenters. The smallest absolute Gasteiger partial charge is 0.313 e. The first-order valence-electron chi connectivity index (χ1n) is 8.15. The van der Waals surface area contributed by atoms with Crippen LogP contribution in [0.3, 0.4) is 0 Å². The Bertz CT molecular complexity index is 612. The molecule has 1 aliphatic rings. The highest BCUT2D eigenvalue weighted by molar-refractivity contribution is 7.98. The highest BCUT2D eigenvalue weighted by Gasteiger charge is 2.38. The summed E-state index contributed by atoms with van der Waals surface area (Å²) in [4.78, 5) is 25.4. The summed E-state index contributed by atoms with van der Waals surface area (Å²) in [6, 6.07) is 7.43. The van der Waals surface area contributed by atoms with E-state index in [0.29, 0.717) is 5.69 Å². The summed E-state index contributed by atoms with van der Waals surface area (Å²) < 4.78 is 0. The number of nitrogens with one attached hydrogen (secondary N) is 3. The lowest BCUT2D eigenvalue weighted by atomic mass is 9.79. The van der Waals surface area contributed by atoms with E-state index in [-0.39, 0.29) is 17.1 Å². The number of benzene rings is 1. The van der Waals surface area contributed by atoms with Crippen molar-refractivity contribution in [2.24, 2.45) is 0 Å². The van der Waals surface area contributed by atoms with Gasteiger partial charge in [0.2, 0.25) is 0 Å². The number of rotatable bonds is 3. The molecule has 0 radical (unpaired) electrons. The Morgan fingerprint density at radius 1 is 1.12 bits per heavy atom. The molecule has 2 rings (SSSR count). The van der Waals surface area contributed by atoms with Crippen LogP contribution in [0.1, 0.15) is 40.5 Å². The molecule has 6 heteroatoms. The third-order valence-electron chi connectivity index (χ3n) is 4.06. The Morgan fingerprint density at radius 2 is 1.75 bits per heavy atom. The quantitative estimate of drug-likeness (QED) is 0.580. The van der Waals surface area contributed by atoms with E-state index in [1.165, 1.54) is 0 Å². The molecule has 132 valence electrons. The third-order valence-corrected chi connectivity index (χ3v) is 4.78. The molecule has 0 aliphatic carbocycles. The van der Waals surface area contributed by atoms with Crippen LogP contribution in [0.15, 0.2) is 29.2 Å². The molecule has 2 amide bonds. The maximum Gasteiger partial charge on any atom is 0.313 e. The van der Waals surface area contributed by atoms with Crippen LogP contribution >= 0.6 is 11.8 Å². The van der Waals surface area contributed by atoms with Crippen LogP contribution in [0, 0.1) is 0 Å². The Morgan fingerprint density at radius 3 is 2.33 bits per heavy atom. The summed E-state index contributed by atoms with van der Waals surface area (Å²) in [6.45, 7) is 8.45. The van der Waals surface area contributed by atoms with Crippen LogP contribution in [0.2, 0.25) is 0 Å². The molecule has 1 heterocycles. The molecule has 1 aliphatic heterocycles. The summed E-state index contributed by atoms with van der Waals surface area (Å²) in [7, 11) is 0. The van der Waals surface area contributed by atoms with Crippen LogP contribution in [0.4, 0.5) is 5.69 Å². The number of amides is 2. The van der Waals surface area contributed by atoms with Crippen molar-refractivity contribution in [3.05, 3.63) is 24.3 Å². The van der Waals surface area contributed by atoms with Crippen molar-refractivity contribution in [3.63, 3.8) is 0 Å². The van der Waals surface area contributed by atoms with Crippen molar-refractivity contribution < 1.29 is 9.59 Å². The van der Waals surface area contributed by atoms with Gasteiger partial charge in [-0.05, 0) is 65.0 Å². The zero-order valence-electron chi connectivity index (χ0n) is 15.0. The minimum Gasteiger partial charge on any atom is -0.345 e. The van der Waals surface area contributed by atoms with Crippen molar-refractivity contribution in [2.75, 3.05) is 11.6 Å². The van der Waals surface area contributed by atoms with E-state index in [1.807, 2.05) is 24.5 Å². The molecule has 0 atom stereocenters. The minimum atomic E-state index is -0.623. The molecule has 0 bridgehead atoms. The third kappa shape index (κ3) is 5.24. The first kappa shape index (κ1) is 18.8. The van der Waals surface area contributed by atoms with Gasteiger partial charge in [-0.25, -0.2) is 0 Å². The molecule has 1 aromatic rings. The van der Waals surface area contributed by atoms with Gasteiger partial charge in [-0.1, -0.05) is 6.07 Å². The zero-order valence-corrected chi connectivity index (χ0v) is 15.8. The summed E-state index contributed by atoms with van der Waals surface area (Å²) in [5.74, 6) is -1.20.